The summed E-state index contributed by atoms with van der Waals surface area (Å²) in [7, 11) is -1.64. The highest BCUT2D eigenvalue weighted by Crippen LogP contribution is 2.19. The number of likely N-dealkylation sites (tertiary alicyclic amines) is 1. The highest BCUT2D eigenvalue weighted by molar-refractivity contribution is 7.89. The molecule has 0 bridgehead atoms. The molecule has 2 N–H and O–H groups in total. The van der Waals surface area contributed by atoms with E-state index in [1.807, 2.05) is 20.9 Å². The number of primary sulfonamides is 1. The third-order valence-corrected chi connectivity index (χ3v) is 5.19. The lowest BCUT2D eigenvalue weighted by Gasteiger charge is -2.31. The fourth-order valence-electron chi connectivity index (χ4n) is 3.02. The van der Waals surface area contributed by atoms with Crippen molar-refractivity contribution in [2.45, 2.75) is 26.7 Å². The monoisotopic (exact) mass is 340 g/mol. The molecule has 7 nitrogen and oxygen atoms in total. The third-order valence-electron chi connectivity index (χ3n) is 4.26. The van der Waals surface area contributed by atoms with E-state index in [9.17, 15) is 13.2 Å². The van der Waals surface area contributed by atoms with Gasteiger partial charge in [0.1, 0.15) is 0 Å². The van der Waals surface area contributed by atoms with Crippen LogP contribution in [0.5, 0.6) is 0 Å². The van der Waals surface area contributed by atoms with E-state index in [1.54, 1.807) is 15.7 Å². The first-order chi connectivity index (χ1) is 10.7. The van der Waals surface area contributed by atoms with Crippen molar-refractivity contribution < 1.29 is 13.2 Å². The van der Waals surface area contributed by atoms with E-state index >= 15 is 0 Å². The average molecular weight is 340 g/mol. The van der Waals surface area contributed by atoms with Crippen molar-refractivity contribution in [3.63, 3.8) is 0 Å². The van der Waals surface area contributed by atoms with E-state index in [4.69, 9.17) is 5.14 Å². The van der Waals surface area contributed by atoms with Gasteiger partial charge in [0.15, 0.2) is 0 Å². The van der Waals surface area contributed by atoms with Crippen LogP contribution in [0.2, 0.25) is 0 Å². The first-order valence-corrected chi connectivity index (χ1v) is 9.36. The summed E-state index contributed by atoms with van der Waals surface area (Å²) in [5, 5.41) is 9.42. The Balaban J connectivity index is 2.04. The number of amides is 1. The highest BCUT2D eigenvalue weighted by Gasteiger charge is 2.25. The Bertz CT molecular complexity index is 721. The van der Waals surface area contributed by atoms with Gasteiger partial charge < -0.3 is 4.90 Å². The van der Waals surface area contributed by atoms with Gasteiger partial charge in [0.2, 0.25) is 15.9 Å². The number of piperidine rings is 1. The summed E-state index contributed by atoms with van der Waals surface area (Å²) in [4.78, 5) is 14.0. The van der Waals surface area contributed by atoms with Crippen LogP contribution in [-0.2, 0) is 21.9 Å². The second kappa shape index (κ2) is 6.84. The van der Waals surface area contributed by atoms with E-state index < -0.39 is 10.0 Å². The van der Waals surface area contributed by atoms with E-state index in [0.29, 0.717) is 13.1 Å². The molecule has 128 valence electrons. The molecule has 0 saturated carbocycles. The smallest absolute Gasteiger partial charge is 0.246 e. The minimum Gasteiger partial charge on any atom is -0.339 e. The van der Waals surface area contributed by atoms with Gasteiger partial charge in [0.05, 0.1) is 11.4 Å². The van der Waals surface area contributed by atoms with Crippen molar-refractivity contribution in [2.75, 3.05) is 18.8 Å². The number of rotatable bonds is 4. The van der Waals surface area contributed by atoms with Crippen LogP contribution in [0.3, 0.4) is 0 Å². The molecule has 1 aromatic heterocycles. The van der Waals surface area contributed by atoms with Crippen LogP contribution in [0.1, 0.15) is 29.8 Å². The Hall–Kier alpha value is -1.67. The van der Waals surface area contributed by atoms with E-state index in [2.05, 4.69) is 5.10 Å². The zero-order valence-electron chi connectivity index (χ0n) is 13.8. The quantitative estimate of drug-likeness (QED) is 0.811. The van der Waals surface area contributed by atoms with Crippen LogP contribution in [-0.4, -0.2) is 47.8 Å². The lowest BCUT2D eigenvalue weighted by molar-refractivity contribution is -0.127. The second-order valence-corrected chi connectivity index (χ2v) is 7.82. The predicted molar refractivity (Wildman–Crippen MR) is 89.0 cm³/mol. The van der Waals surface area contributed by atoms with E-state index in [1.165, 1.54) is 6.08 Å². The van der Waals surface area contributed by atoms with Gasteiger partial charge in [-0.2, -0.15) is 5.10 Å². The molecule has 1 aliphatic heterocycles. The molecular formula is C15H24N4O3S. The summed E-state index contributed by atoms with van der Waals surface area (Å²) in [6.45, 7) is 4.94. The van der Waals surface area contributed by atoms with Crippen LogP contribution >= 0.6 is 0 Å². The topological polar surface area (TPSA) is 98.3 Å². The van der Waals surface area contributed by atoms with Crippen molar-refractivity contribution in [2.24, 2.45) is 18.1 Å². The Labute approximate surface area is 137 Å². The van der Waals surface area contributed by atoms with Crippen LogP contribution in [0.25, 0.3) is 6.08 Å². The maximum Gasteiger partial charge on any atom is 0.246 e. The van der Waals surface area contributed by atoms with Crippen LogP contribution in [0, 0.1) is 19.8 Å². The van der Waals surface area contributed by atoms with Gasteiger partial charge in [-0.05, 0) is 38.7 Å². The molecule has 23 heavy (non-hydrogen) atoms. The maximum atomic E-state index is 12.3. The largest absolute Gasteiger partial charge is 0.339 e. The first-order valence-electron chi connectivity index (χ1n) is 7.65. The lowest BCUT2D eigenvalue weighted by atomic mass is 10.00. The Morgan fingerprint density at radius 2 is 2.13 bits per heavy atom. The first kappa shape index (κ1) is 17.7. The van der Waals surface area contributed by atoms with Gasteiger partial charge in [0, 0.05) is 37.5 Å². The lowest BCUT2D eigenvalue weighted by Crippen LogP contribution is -2.41. The van der Waals surface area contributed by atoms with Crippen molar-refractivity contribution >= 4 is 22.0 Å². The van der Waals surface area contributed by atoms with Crippen LogP contribution in [0.15, 0.2) is 6.08 Å². The molecule has 0 unspecified atom stereocenters. The number of aromatic nitrogens is 2. The third kappa shape index (κ3) is 4.65. The summed E-state index contributed by atoms with van der Waals surface area (Å²) in [6.07, 6.45) is 4.90. The molecule has 2 heterocycles. The average Bonchev–Trinajstić information content (AvgIpc) is 2.68. The van der Waals surface area contributed by atoms with Gasteiger partial charge in [-0.25, -0.2) is 13.6 Å². The zero-order chi connectivity index (χ0) is 17.2. The standard InChI is InChI=1S/C15H24N4O3S/c1-11-14(12(2)18(3)17-11)6-7-15(20)19-8-4-5-13(9-19)10-23(16,21)22/h6-7,13H,4-5,8-10H2,1-3H3,(H2,16,21,22)/b7-6+/t13-/m1/s1. The van der Waals surface area contributed by atoms with E-state index in [0.717, 1.165) is 29.8 Å². The van der Waals surface area contributed by atoms with Crippen molar-refractivity contribution in [3.05, 3.63) is 23.0 Å². The number of carbonyl (C=O) groups excluding carboxylic acids is 1. The molecule has 0 radical (unpaired) electrons. The molecule has 1 atom stereocenters. The summed E-state index contributed by atoms with van der Waals surface area (Å²) >= 11 is 0. The molecule has 1 fully saturated rings. The number of hydrogen-bond acceptors (Lipinski definition) is 4. The Morgan fingerprint density at radius 3 is 2.70 bits per heavy atom. The van der Waals surface area contributed by atoms with Gasteiger partial charge >= 0.3 is 0 Å². The van der Waals surface area contributed by atoms with Crippen LogP contribution in [0.4, 0.5) is 0 Å². The maximum absolute atomic E-state index is 12.3. The molecule has 0 spiro atoms. The number of carbonyl (C=O) groups is 1. The molecule has 1 amide bonds. The molecule has 1 saturated heterocycles. The minimum atomic E-state index is -3.50. The second-order valence-electron chi connectivity index (χ2n) is 6.16. The molecule has 1 aliphatic rings. The van der Waals surface area contributed by atoms with Gasteiger partial charge in [-0.1, -0.05) is 0 Å². The van der Waals surface area contributed by atoms with E-state index in [-0.39, 0.29) is 17.6 Å². The summed E-state index contributed by atoms with van der Waals surface area (Å²) < 4.78 is 24.2. The molecule has 8 heteroatoms. The molecule has 0 aliphatic carbocycles. The number of hydrogen-bond donors (Lipinski definition) is 1. The highest BCUT2D eigenvalue weighted by atomic mass is 32.2. The Kier molecular flexibility index (Phi) is 5.26. The molecular weight excluding hydrogens is 316 g/mol. The molecule has 2 rings (SSSR count). The molecule has 0 aromatic carbocycles. The summed E-state index contributed by atoms with van der Waals surface area (Å²) in [5.74, 6) is -0.258. The predicted octanol–water partition coefficient (Wildman–Crippen LogP) is 0.577. The van der Waals surface area contributed by atoms with Gasteiger partial charge in [-0.15, -0.1) is 0 Å². The Morgan fingerprint density at radius 1 is 1.43 bits per heavy atom. The molecule has 1 aromatic rings. The number of aryl methyl sites for hydroxylation is 2. The minimum absolute atomic E-state index is 0.0681. The summed E-state index contributed by atoms with van der Waals surface area (Å²) in [6, 6.07) is 0. The van der Waals surface area contributed by atoms with Crippen LogP contribution < -0.4 is 5.14 Å². The van der Waals surface area contributed by atoms with Crippen molar-refractivity contribution in [3.8, 4) is 0 Å². The van der Waals surface area contributed by atoms with Gasteiger partial charge in [0.25, 0.3) is 0 Å². The van der Waals surface area contributed by atoms with Crippen molar-refractivity contribution in [1.29, 1.82) is 0 Å². The fourth-order valence-corrected chi connectivity index (χ4v) is 3.95. The normalized spacial score (nSPS) is 19.5. The summed E-state index contributed by atoms with van der Waals surface area (Å²) in [5.41, 5.74) is 2.82. The number of nitrogens with two attached hydrogens (primary N) is 1. The van der Waals surface area contributed by atoms with Gasteiger partial charge in [-0.3, -0.25) is 9.48 Å². The zero-order valence-corrected chi connectivity index (χ0v) is 14.6. The number of sulfonamides is 1. The SMILES string of the molecule is Cc1nn(C)c(C)c1/C=C/C(=O)N1CCC[C@@H](CS(N)(=O)=O)C1. The van der Waals surface area contributed by atoms with Crippen molar-refractivity contribution in [1.82, 2.24) is 14.7 Å². The fraction of sp³-hybridized carbons (Fsp3) is 0.600. The number of nitrogens with zero attached hydrogens (tertiary/aromatic N) is 3.